The van der Waals surface area contributed by atoms with E-state index in [4.69, 9.17) is 0 Å². The molecule has 0 aliphatic carbocycles. The highest BCUT2D eigenvalue weighted by atomic mass is 127. The van der Waals surface area contributed by atoms with Crippen LogP contribution in [0.5, 0.6) is 0 Å². The molecule has 0 bridgehead atoms. The highest BCUT2D eigenvalue weighted by Gasteiger charge is 2.31. The lowest BCUT2D eigenvalue weighted by molar-refractivity contribution is 0.142. The van der Waals surface area contributed by atoms with E-state index in [0.717, 1.165) is 50.2 Å². The molecular weight excluding hydrogens is 439 g/mol. The minimum atomic E-state index is 0. The third-order valence-corrected chi connectivity index (χ3v) is 5.92. The average Bonchev–Trinajstić information content (AvgIpc) is 2.96. The number of aryl methyl sites for hydroxylation is 2. The summed E-state index contributed by atoms with van der Waals surface area (Å²) in [5.41, 5.74) is 0.434. The summed E-state index contributed by atoms with van der Waals surface area (Å²) in [5, 5.41) is 12.1. The minimum absolute atomic E-state index is 0. The molecule has 1 aromatic rings. The van der Waals surface area contributed by atoms with E-state index in [2.05, 4.69) is 43.8 Å². The van der Waals surface area contributed by atoms with Gasteiger partial charge in [-0.15, -0.1) is 34.2 Å². The van der Waals surface area contributed by atoms with Crippen molar-refractivity contribution in [1.29, 1.82) is 0 Å². The highest BCUT2D eigenvalue weighted by molar-refractivity contribution is 14.0. The van der Waals surface area contributed by atoms with Crippen LogP contribution in [0.2, 0.25) is 0 Å². The molecule has 7 heteroatoms. The number of nitrogens with one attached hydrogen (secondary N) is 1. The number of halogens is 1. The van der Waals surface area contributed by atoms with Crippen molar-refractivity contribution in [1.82, 2.24) is 25.0 Å². The van der Waals surface area contributed by atoms with Crippen molar-refractivity contribution in [2.24, 2.45) is 16.3 Å². The highest BCUT2D eigenvalue weighted by Crippen LogP contribution is 2.34. The zero-order valence-electron chi connectivity index (χ0n) is 16.8. The number of piperidine rings is 1. The molecule has 0 radical (unpaired) electrons. The van der Waals surface area contributed by atoms with Gasteiger partial charge >= 0.3 is 0 Å². The van der Waals surface area contributed by atoms with Crippen LogP contribution in [0.25, 0.3) is 0 Å². The van der Waals surface area contributed by atoms with Gasteiger partial charge in [0.25, 0.3) is 0 Å². The Hall–Kier alpha value is -0.860. The zero-order chi connectivity index (χ0) is 17.9. The van der Waals surface area contributed by atoms with Crippen molar-refractivity contribution in [2.45, 2.75) is 65.8 Å². The fourth-order valence-corrected chi connectivity index (χ4v) is 4.57. The van der Waals surface area contributed by atoms with E-state index in [1.165, 1.54) is 32.1 Å². The lowest BCUT2D eigenvalue weighted by atomic mass is 9.78. The van der Waals surface area contributed by atoms with Gasteiger partial charge in [0, 0.05) is 39.6 Å². The van der Waals surface area contributed by atoms with E-state index in [0.29, 0.717) is 11.3 Å². The average molecular weight is 474 g/mol. The van der Waals surface area contributed by atoms with Gasteiger partial charge in [-0.25, -0.2) is 0 Å². The van der Waals surface area contributed by atoms with Crippen LogP contribution in [-0.4, -0.2) is 52.3 Å². The first-order valence-corrected chi connectivity index (χ1v) is 9.89. The van der Waals surface area contributed by atoms with Crippen molar-refractivity contribution in [2.75, 3.05) is 26.7 Å². The second-order valence-corrected chi connectivity index (χ2v) is 8.19. The number of hydrogen-bond donors (Lipinski definition) is 1. The molecule has 2 unspecified atom stereocenters. The maximum Gasteiger partial charge on any atom is 0.193 e. The first-order valence-electron chi connectivity index (χ1n) is 9.89. The largest absolute Gasteiger partial charge is 0.356 e. The maximum absolute atomic E-state index is 4.57. The summed E-state index contributed by atoms with van der Waals surface area (Å²) in [7, 11) is 1.91. The number of aliphatic imine (C=N–C) groups is 1. The van der Waals surface area contributed by atoms with Gasteiger partial charge in [-0.2, -0.15) is 0 Å². The van der Waals surface area contributed by atoms with Crippen LogP contribution in [0.4, 0.5) is 0 Å². The van der Waals surface area contributed by atoms with Gasteiger partial charge in [0.1, 0.15) is 11.6 Å². The van der Waals surface area contributed by atoms with Crippen molar-refractivity contribution in [3.8, 4) is 0 Å². The lowest BCUT2D eigenvalue weighted by Gasteiger charge is -2.42. The van der Waals surface area contributed by atoms with Crippen molar-refractivity contribution in [3.05, 3.63) is 11.6 Å². The summed E-state index contributed by atoms with van der Waals surface area (Å²) >= 11 is 0. The standard InChI is InChI=1S/C19H34N6.HI/c1-5-9-19(3)10-6-11-24(14-19)18(20-4)21-12-16-7-8-17-23-22-15(2)25(17)13-16;/h16H,5-14H2,1-4H3,(H,20,21);1H. The number of rotatable bonds is 4. The van der Waals surface area contributed by atoms with Crippen LogP contribution in [0, 0.1) is 18.3 Å². The molecule has 3 heterocycles. The summed E-state index contributed by atoms with van der Waals surface area (Å²) in [6.07, 6.45) is 7.38. The van der Waals surface area contributed by atoms with Gasteiger partial charge in [0.2, 0.25) is 0 Å². The monoisotopic (exact) mass is 474 g/mol. The molecule has 26 heavy (non-hydrogen) atoms. The van der Waals surface area contributed by atoms with Crippen LogP contribution in [0.1, 0.15) is 57.6 Å². The Kier molecular flexibility index (Phi) is 7.73. The van der Waals surface area contributed by atoms with E-state index in [-0.39, 0.29) is 24.0 Å². The molecule has 3 rings (SSSR count). The van der Waals surface area contributed by atoms with Crippen LogP contribution in [0.15, 0.2) is 4.99 Å². The molecule has 1 N–H and O–H groups in total. The molecule has 0 saturated carbocycles. The van der Waals surface area contributed by atoms with Gasteiger partial charge in [0.15, 0.2) is 5.96 Å². The number of fused-ring (bicyclic) bond motifs is 1. The summed E-state index contributed by atoms with van der Waals surface area (Å²) < 4.78 is 2.28. The predicted octanol–water partition coefficient (Wildman–Crippen LogP) is 3.24. The molecule has 0 aromatic carbocycles. The Morgan fingerprint density at radius 1 is 1.38 bits per heavy atom. The normalized spacial score (nSPS) is 26.2. The number of guanidine groups is 1. The van der Waals surface area contributed by atoms with Gasteiger partial charge in [0.05, 0.1) is 0 Å². The third-order valence-electron chi connectivity index (χ3n) is 5.92. The van der Waals surface area contributed by atoms with Gasteiger partial charge in [-0.05, 0) is 43.9 Å². The molecule has 0 spiro atoms. The Bertz CT molecular complexity index is 609. The van der Waals surface area contributed by atoms with E-state index in [9.17, 15) is 0 Å². The number of aromatic nitrogens is 3. The fraction of sp³-hybridized carbons (Fsp3) is 0.842. The topological polar surface area (TPSA) is 58.3 Å². The summed E-state index contributed by atoms with van der Waals surface area (Å²) in [4.78, 5) is 7.04. The Morgan fingerprint density at radius 3 is 2.92 bits per heavy atom. The summed E-state index contributed by atoms with van der Waals surface area (Å²) in [6.45, 7) is 11.0. The number of likely N-dealkylation sites (tertiary alicyclic amines) is 1. The molecule has 1 saturated heterocycles. The summed E-state index contributed by atoms with van der Waals surface area (Å²) in [5.74, 6) is 3.87. The quantitative estimate of drug-likeness (QED) is 0.414. The van der Waals surface area contributed by atoms with Gasteiger partial charge in [-0.1, -0.05) is 20.3 Å². The predicted molar refractivity (Wildman–Crippen MR) is 117 cm³/mol. The van der Waals surface area contributed by atoms with Crippen LogP contribution >= 0.6 is 24.0 Å². The molecular formula is C19H35IN6. The molecule has 148 valence electrons. The second kappa shape index (κ2) is 9.37. The summed E-state index contributed by atoms with van der Waals surface area (Å²) in [6, 6.07) is 0. The van der Waals surface area contributed by atoms with E-state index >= 15 is 0 Å². The van der Waals surface area contributed by atoms with Crippen molar-refractivity contribution < 1.29 is 0 Å². The minimum Gasteiger partial charge on any atom is -0.356 e. The molecule has 0 amide bonds. The molecule has 2 aliphatic rings. The molecule has 6 nitrogen and oxygen atoms in total. The zero-order valence-corrected chi connectivity index (χ0v) is 19.1. The van der Waals surface area contributed by atoms with Crippen LogP contribution in [-0.2, 0) is 13.0 Å². The fourth-order valence-electron chi connectivity index (χ4n) is 4.57. The first-order chi connectivity index (χ1) is 12.0. The van der Waals surface area contributed by atoms with E-state index in [1.807, 2.05) is 14.0 Å². The SMILES string of the molecule is CCCC1(C)CCCN(C(=NC)NCC2CCc3nnc(C)n3C2)C1.I. The third kappa shape index (κ3) is 4.89. The smallest absolute Gasteiger partial charge is 0.193 e. The van der Waals surface area contributed by atoms with Crippen molar-refractivity contribution in [3.63, 3.8) is 0 Å². The maximum atomic E-state index is 4.57. The molecule has 2 atom stereocenters. The van der Waals surface area contributed by atoms with Crippen LogP contribution in [0.3, 0.4) is 0 Å². The molecule has 1 aromatic heterocycles. The second-order valence-electron chi connectivity index (χ2n) is 8.19. The van der Waals surface area contributed by atoms with Gasteiger partial charge < -0.3 is 14.8 Å². The first kappa shape index (κ1) is 21.4. The van der Waals surface area contributed by atoms with E-state index < -0.39 is 0 Å². The molecule has 1 fully saturated rings. The number of nitrogens with zero attached hydrogens (tertiary/aromatic N) is 5. The Labute approximate surface area is 175 Å². The van der Waals surface area contributed by atoms with Crippen LogP contribution < -0.4 is 5.32 Å². The Balaban J connectivity index is 0.00000243. The van der Waals surface area contributed by atoms with Gasteiger partial charge in [-0.3, -0.25) is 4.99 Å². The molecule has 2 aliphatic heterocycles. The van der Waals surface area contributed by atoms with Crippen molar-refractivity contribution >= 4 is 29.9 Å². The lowest BCUT2D eigenvalue weighted by Crippen LogP contribution is -2.50. The number of hydrogen-bond acceptors (Lipinski definition) is 3. The van der Waals surface area contributed by atoms with E-state index in [1.54, 1.807) is 0 Å². The Morgan fingerprint density at radius 2 is 2.19 bits per heavy atom.